The molecule has 0 spiro atoms. The Morgan fingerprint density at radius 1 is 1.03 bits per heavy atom. The average molecular weight is 443 g/mol. The fourth-order valence-corrected chi connectivity index (χ4v) is 3.78. The van der Waals surface area contributed by atoms with E-state index >= 15 is 0 Å². The van der Waals surface area contributed by atoms with Crippen LogP contribution in [0.15, 0.2) is 96.3 Å². The topological polar surface area (TPSA) is 66.8 Å². The van der Waals surface area contributed by atoms with Crippen LogP contribution in [-0.2, 0) is 9.59 Å². The minimum absolute atomic E-state index is 0.0623. The van der Waals surface area contributed by atoms with Crippen LogP contribution < -0.4 is 9.64 Å². The van der Waals surface area contributed by atoms with Crippen molar-refractivity contribution in [1.29, 1.82) is 0 Å². The molecule has 3 aromatic carbocycles. The van der Waals surface area contributed by atoms with Crippen LogP contribution >= 0.6 is 0 Å². The first kappa shape index (κ1) is 22.0. The zero-order valence-electron chi connectivity index (χ0n) is 17.9. The average Bonchev–Trinajstić information content (AvgIpc) is 3.10. The van der Waals surface area contributed by atoms with Crippen LogP contribution in [0.3, 0.4) is 0 Å². The number of nitrogens with zero attached hydrogens (tertiary/aromatic N) is 1. The lowest BCUT2D eigenvalue weighted by Crippen LogP contribution is -2.30. The van der Waals surface area contributed by atoms with E-state index in [1.54, 1.807) is 30.3 Å². The molecule has 3 aromatic rings. The van der Waals surface area contributed by atoms with Gasteiger partial charge in [-0.2, -0.15) is 0 Å². The molecule has 1 atom stereocenters. The van der Waals surface area contributed by atoms with Crippen LogP contribution in [0.2, 0.25) is 0 Å². The molecule has 0 aliphatic carbocycles. The van der Waals surface area contributed by atoms with Gasteiger partial charge >= 0.3 is 0 Å². The summed E-state index contributed by atoms with van der Waals surface area (Å²) in [6.45, 7) is 2.36. The van der Waals surface area contributed by atoms with Crippen molar-refractivity contribution in [2.45, 2.75) is 13.0 Å². The minimum atomic E-state index is -0.913. The fourth-order valence-electron chi connectivity index (χ4n) is 3.78. The second kappa shape index (κ2) is 9.53. The van der Waals surface area contributed by atoms with Crippen molar-refractivity contribution in [2.75, 3.05) is 11.5 Å². The molecule has 0 unspecified atom stereocenters. The van der Waals surface area contributed by atoms with Crippen molar-refractivity contribution in [1.82, 2.24) is 0 Å². The number of anilines is 1. The van der Waals surface area contributed by atoms with Gasteiger partial charge in [0.15, 0.2) is 11.5 Å². The molecule has 5 nitrogen and oxygen atoms in total. The number of hydrogen-bond donors (Lipinski definition) is 1. The monoisotopic (exact) mass is 443 g/mol. The highest BCUT2D eigenvalue weighted by Gasteiger charge is 2.43. The number of aliphatic hydroxyl groups is 1. The number of allylic oxidation sites excluding steroid dienone is 1. The SMILES string of the molecule is CCOc1ccc(N2C(=O)C(O)=C(C(=O)/C=C/c3ccccc3)[C@@H]2c2ccc(F)cc2)cc1. The Labute approximate surface area is 191 Å². The quantitative estimate of drug-likeness (QED) is 0.496. The second-order valence-electron chi connectivity index (χ2n) is 7.43. The number of rotatable bonds is 7. The third kappa shape index (κ3) is 4.55. The number of benzene rings is 3. The highest BCUT2D eigenvalue weighted by molar-refractivity contribution is 6.19. The molecular formula is C27H22FNO4. The van der Waals surface area contributed by atoms with E-state index in [0.29, 0.717) is 23.6 Å². The maximum atomic E-state index is 13.6. The number of ether oxygens (including phenoxy) is 1. The van der Waals surface area contributed by atoms with Gasteiger partial charge in [-0.3, -0.25) is 14.5 Å². The van der Waals surface area contributed by atoms with Crippen LogP contribution in [0.25, 0.3) is 6.08 Å². The van der Waals surface area contributed by atoms with Gasteiger partial charge in [0.1, 0.15) is 11.6 Å². The molecule has 1 amide bonds. The van der Waals surface area contributed by atoms with Crippen molar-refractivity contribution in [3.8, 4) is 5.75 Å². The van der Waals surface area contributed by atoms with Gasteiger partial charge in [-0.15, -0.1) is 0 Å². The standard InChI is InChI=1S/C27H22FNO4/c1-2-33-22-15-13-21(14-16-22)29-25(19-9-11-20(28)12-10-19)24(26(31)27(29)32)23(30)17-8-18-6-4-3-5-7-18/h3-17,25,31H,2H2,1H3/b17-8+/t25-/m0/s1. The molecule has 6 heteroatoms. The largest absolute Gasteiger partial charge is 0.503 e. The molecule has 33 heavy (non-hydrogen) atoms. The molecule has 0 aromatic heterocycles. The van der Waals surface area contributed by atoms with Gasteiger partial charge in [-0.25, -0.2) is 4.39 Å². The number of amides is 1. The van der Waals surface area contributed by atoms with Crippen LogP contribution in [0.5, 0.6) is 5.75 Å². The number of aliphatic hydroxyl groups excluding tert-OH is 1. The normalized spacial score (nSPS) is 16.0. The Balaban J connectivity index is 1.75. The Morgan fingerprint density at radius 3 is 2.33 bits per heavy atom. The molecule has 0 saturated carbocycles. The van der Waals surface area contributed by atoms with Crippen LogP contribution in [0.4, 0.5) is 10.1 Å². The number of carbonyl (C=O) groups excluding carboxylic acids is 2. The third-order valence-electron chi connectivity index (χ3n) is 5.31. The van der Waals surface area contributed by atoms with Crippen molar-refractivity contribution in [2.24, 2.45) is 0 Å². The Kier molecular flexibility index (Phi) is 6.36. The van der Waals surface area contributed by atoms with Gasteiger partial charge in [-0.05, 0) is 60.5 Å². The molecule has 1 aliphatic rings. The molecule has 0 bridgehead atoms. The maximum absolute atomic E-state index is 13.6. The minimum Gasteiger partial charge on any atom is -0.503 e. The molecular weight excluding hydrogens is 421 g/mol. The molecule has 1 aliphatic heterocycles. The van der Waals surface area contributed by atoms with E-state index in [1.165, 1.54) is 35.2 Å². The Bertz CT molecular complexity index is 1220. The van der Waals surface area contributed by atoms with Crippen molar-refractivity contribution in [3.05, 3.63) is 113 Å². The highest BCUT2D eigenvalue weighted by atomic mass is 19.1. The fraction of sp³-hybridized carbons (Fsp3) is 0.111. The molecule has 0 fully saturated rings. The van der Waals surface area contributed by atoms with Gasteiger partial charge in [0.05, 0.1) is 18.2 Å². The first-order valence-corrected chi connectivity index (χ1v) is 10.5. The van der Waals surface area contributed by atoms with Crippen molar-refractivity contribution >= 4 is 23.5 Å². The number of hydrogen-bond acceptors (Lipinski definition) is 4. The van der Waals surface area contributed by atoms with E-state index in [0.717, 1.165) is 5.56 Å². The summed E-state index contributed by atoms with van der Waals surface area (Å²) in [5.74, 6) is -1.65. The van der Waals surface area contributed by atoms with Gasteiger partial charge in [0.25, 0.3) is 5.91 Å². The van der Waals surface area contributed by atoms with E-state index in [9.17, 15) is 19.1 Å². The van der Waals surface area contributed by atoms with E-state index in [1.807, 2.05) is 37.3 Å². The highest BCUT2D eigenvalue weighted by Crippen LogP contribution is 2.41. The van der Waals surface area contributed by atoms with E-state index in [4.69, 9.17) is 4.74 Å². The van der Waals surface area contributed by atoms with Gasteiger partial charge < -0.3 is 9.84 Å². The molecule has 0 radical (unpaired) electrons. The van der Waals surface area contributed by atoms with Crippen molar-refractivity contribution < 1.29 is 23.8 Å². The summed E-state index contributed by atoms with van der Waals surface area (Å²) in [7, 11) is 0. The zero-order valence-corrected chi connectivity index (χ0v) is 17.9. The zero-order chi connectivity index (χ0) is 23.4. The summed E-state index contributed by atoms with van der Waals surface area (Å²) in [6, 6.07) is 20.6. The van der Waals surface area contributed by atoms with Gasteiger partial charge in [0, 0.05) is 5.69 Å². The van der Waals surface area contributed by atoms with Crippen LogP contribution in [-0.4, -0.2) is 23.4 Å². The summed E-state index contributed by atoms with van der Waals surface area (Å²) < 4.78 is 19.1. The molecule has 166 valence electrons. The molecule has 0 saturated heterocycles. The maximum Gasteiger partial charge on any atom is 0.294 e. The summed E-state index contributed by atoms with van der Waals surface area (Å²) in [4.78, 5) is 27.6. The summed E-state index contributed by atoms with van der Waals surface area (Å²) in [6.07, 6.45) is 2.95. The van der Waals surface area contributed by atoms with E-state index in [2.05, 4.69) is 0 Å². The summed E-state index contributed by atoms with van der Waals surface area (Å²) >= 11 is 0. The lowest BCUT2D eigenvalue weighted by molar-refractivity contribution is -0.117. The first-order chi connectivity index (χ1) is 16.0. The predicted molar refractivity (Wildman–Crippen MR) is 124 cm³/mol. The van der Waals surface area contributed by atoms with Crippen molar-refractivity contribution in [3.63, 3.8) is 0 Å². The predicted octanol–water partition coefficient (Wildman–Crippen LogP) is 5.41. The lowest BCUT2D eigenvalue weighted by Gasteiger charge is -2.27. The Morgan fingerprint density at radius 2 is 1.70 bits per heavy atom. The number of halogens is 1. The Hall–Kier alpha value is -4.19. The second-order valence-corrected chi connectivity index (χ2v) is 7.43. The number of ketones is 1. The van der Waals surface area contributed by atoms with Gasteiger partial charge in [0.2, 0.25) is 0 Å². The summed E-state index contributed by atoms with van der Waals surface area (Å²) in [5.41, 5.74) is 1.71. The smallest absolute Gasteiger partial charge is 0.294 e. The van der Waals surface area contributed by atoms with E-state index in [-0.39, 0.29) is 5.57 Å². The lowest BCUT2D eigenvalue weighted by atomic mass is 9.95. The summed E-state index contributed by atoms with van der Waals surface area (Å²) in [5, 5.41) is 10.7. The molecule has 4 rings (SSSR count). The van der Waals surface area contributed by atoms with Crippen LogP contribution in [0, 0.1) is 5.82 Å². The van der Waals surface area contributed by atoms with E-state index < -0.39 is 29.3 Å². The van der Waals surface area contributed by atoms with Crippen LogP contribution in [0.1, 0.15) is 24.1 Å². The molecule has 1 heterocycles. The third-order valence-corrected chi connectivity index (χ3v) is 5.31. The first-order valence-electron chi connectivity index (χ1n) is 10.5. The number of carbonyl (C=O) groups is 2. The molecule has 1 N–H and O–H groups in total. The van der Waals surface area contributed by atoms with Gasteiger partial charge in [-0.1, -0.05) is 48.5 Å².